The van der Waals surface area contributed by atoms with Crippen LogP contribution in [-0.4, -0.2) is 33.5 Å². The molecule has 0 spiro atoms. The van der Waals surface area contributed by atoms with Crippen LogP contribution in [0.25, 0.3) is 0 Å². The molecule has 3 N–H and O–H groups in total. The molecular formula is C18H24FN5O. The molecule has 0 bridgehead atoms. The van der Waals surface area contributed by atoms with Gasteiger partial charge in [0.15, 0.2) is 5.69 Å². The predicted molar refractivity (Wildman–Crippen MR) is 92.4 cm³/mol. The number of benzene rings is 1. The van der Waals surface area contributed by atoms with Gasteiger partial charge in [-0.2, -0.15) is 0 Å². The third-order valence-electron chi connectivity index (χ3n) is 4.79. The van der Waals surface area contributed by atoms with E-state index < -0.39 is 0 Å². The highest BCUT2D eigenvalue weighted by Gasteiger charge is 2.25. The molecule has 1 aromatic heterocycles. The molecule has 0 saturated heterocycles. The smallest absolute Gasteiger partial charge is 0.273 e. The third kappa shape index (κ3) is 4.63. The van der Waals surface area contributed by atoms with E-state index in [0.29, 0.717) is 19.0 Å². The van der Waals surface area contributed by atoms with Crippen molar-refractivity contribution in [3.63, 3.8) is 0 Å². The van der Waals surface area contributed by atoms with Crippen molar-refractivity contribution in [2.45, 2.75) is 44.7 Å². The molecule has 3 rings (SSSR count). The van der Waals surface area contributed by atoms with Crippen molar-refractivity contribution >= 4 is 5.91 Å². The molecule has 1 unspecified atom stereocenters. The maximum atomic E-state index is 13.2. The Morgan fingerprint density at radius 2 is 2.16 bits per heavy atom. The summed E-state index contributed by atoms with van der Waals surface area (Å²) in [5.41, 5.74) is 6.88. The van der Waals surface area contributed by atoms with E-state index in [2.05, 4.69) is 15.6 Å². The maximum Gasteiger partial charge on any atom is 0.273 e. The third-order valence-corrected chi connectivity index (χ3v) is 4.79. The Labute approximate surface area is 146 Å². The Hall–Kier alpha value is -2.28. The SMILES string of the molecule is NCC(NC(=O)c1cn(Cc2cccc(F)c2)nn1)C1CCCCC1. The van der Waals surface area contributed by atoms with Gasteiger partial charge in [-0.15, -0.1) is 5.10 Å². The summed E-state index contributed by atoms with van der Waals surface area (Å²) in [7, 11) is 0. The van der Waals surface area contributed by atoms with Gasteiger partial charge in [-0.05, 0) is 36.5 Å². The first kappa shape index (κ1) is 17.5. The summed E-state index contributed by atoms with van der Waals surface area (Å²) in [6.07, 6.45) is 7.44. The van der Waals surface area contributed by atoms with E-state index in [1.807, 2.05) is 0 Å². The van der Waals surface area contributed by atoms with E-state index in [9.17, 15) is 9.18 Å². The summed E-state index contributed by atoms with van der Waals surface area (Å²) in [6, 6.07) is 6.25. The number of nitrogens with one attached hydrogen (secondary N) is 1. The van der Waals surface area contributed by atoms with E-state index in [0.717, 1.165) is 18.4 Å². The van der Waals surface area contributed by atoms with Crippen LogP contribution in [0.1, 0.15) is 48.2 Å². The number of halogens is 1. The van der Waals surface area contributed by atoms with E-state index in [1.165, 1.54) is 36.1 Å². The van der Waals surface area contributed by atoms with E-state index in [1.54, 1.807) is 18.3 Å². The standard InChI is InChI=1S/C18H24FN5O/c19-15-8-4-5-13(9-15)11-24-12-17(22-23-24)18(25)21-16(10-20)14-6-2-1-3-7-14/h4-5,8-9,12,14,16H,1-3,6-7,10-11,20H2,(H,21,25). The van der Waals surface area contributed by atoms with Crippen molar-refractivity contribution < 1.29 is 9.18 Å². The van der Waals surface area contributed by atoms with Gasteiger partial charge in [-0.25, -0.2) is 9.07 Å². The number of carbonyl (C=O) groups is 1. The molecular weight excluding hydrogens is 321 g/mol. The number of rotatable bonds is 6. The predicted octanol–water partition coefficient (Wildman–Crippen LogP) is 2.10. The molecule has 2 aromatic rings. The van der Waals surface area contributed by atoms with Gasteiger partial charge in [0.25, 0.3) is 5.91 Å². The quantitative estimate of drug-likeness (QED) is 0.839. The fourth-order valence-corrected chi connectivity index (χ4v) is 3.45. The Bertz CT molecular complexity index is 711. The molecule has 1 heterocycles. The number of amides is 1. The van der Waals surface area contributed by atoms with Crippen LogP contribution in [0, 0.1) is 11.7 Å². The lowest BCUT2D eigenvalue weighted by Gasteiger charge is -2.29. The van der Waals surface area contributed by atoms with Crippen molar-refractivity contribution in [2.75, 3.05) is 6.54 Å². The van der Waals surface area contributed by atoms with E-state index in [-0.39, 0.29) is 23.5 Å². The Kier molecular flexibility index (Phi) is 5.75. The van der Waals surface area contributed by atoms with Crippen molar-refractivity contribution in [3.8, 4) is 0 Å². The lowest BCUT2D eigenvalue weighted by molar-refractivity contribution is 0.0910. The van der Waals surface area contributed by atoms with Gasteiger partial charge in [0.1, 0.15) is 5.82 Å². The van der Waals surface area contributed by atoms with Crippen LogP contribution in [0.2, 0.25) is 0 Å². The van der Waals surface area contributed by atoms with Crippen LogP contribution in [0.4, 0.5) is 4.39 Å². The molecule has 1 atom stereocenters. The molecule has 1 fully saturated rings. The van der Waals surface area contributed by atoms with Gasteiger partial charge < -0.3 is 11.1 Å². The average Bonchev–Trinajstić information content (AvgIpc) is 3.09. The Morgan fingerprint density at radius 1 is 1.36 bits per heavy atom. The molecule has 1 aliphatic rings. The highest BCUT2D eigenvalue weighted by molar-refractivity contribution is 5.92. The van der Waals surface area contributed by atoms with Gasteiger partial charge in [0.2, 0.25) is 0 Å². The van der Waals surface area contributed by atoms with Crippen LogP contribution in [0.3, 0.4) is 0 Å². The van der Waals surface area contributed by atoms with Crippen molar-refractivity contribution in [1.29, 1.82) is 0 Å². The van der Waals surface area contributed by atoms with Crippen LogP contribution in [0.15, 0.2) is 30.5 Å². The van der Waals surface area contributed by atoms with Gasteiger partial charge in [-0.3, -0.25) is 4.79 Å². The molecule has 0 aliphatic heterocycles. The zero-order valence-corrected chi connectivity index (χ0v) is 14.2. The van der Waals surface area contributed by atoms with Crippen LogP contribution in [-0.2, 0) is 6.54 Å². The van der Waals surface area contributed by atoms with E-state index >= 15 is 0 Å². The summed E-state index contributed by atoms with van der Waals surface area (Å²) < 4.78 is 14.8. The largest absolute Gasteiger partial charge is 0.346 e. The summed E-state index contributed by atoms with van der Waals surface area (Å²) in [6.45, 7) is 0.787. The van der Waals surface area contributed by atoms with Gasteiger partial charge in [-0.1, -0.05) is 36.6 Å². The molecule has 0 radical (unpaired) electrons. The number of nitrogens with two attached hydrogens (primary N) is 1. The minimum Gasteiger partial charge on any atom is -0.346 e. The molecule has 6 nitrogen and oxygen atoms in total. The lowest BCUT2D eigenvalue weighted by atomic mass is 9.84. The lowest BCUT2D eigenvalue weighted by Crippen LogP contribution is -2.46. The number of carbonyl (C=O) groups excluding carboxylic acids is 1. The second-order valence-electron chi connectivity index (χ2n) is 6.65. The number of nitrogens with zero attached hydrogens (tertiary/aromatic N) is 3. The number of aromatic nitrogens is 3. The first-order valence-corrected chi connectivity index (χ1v) is 8.81. The molecule has 1 aliphatic carbocycles. The van der Waals surface area contributed by atoms with Gasteiger partial charge in [0.05, 0.1) is 12.7 Å². The highest BCUT2D eigenvalue weighted by atomic mass is 19.1. The number of hydrogen-bond donors (Lipinski definition) is 2. The van der Waals surface area contributed by atoms with Crippen molar-refractivity contribution in [3.05, 3.63) is 47.5 Å². The molecule has 1 aromatic carbocycles. The molecule has 1 saturated carbocycles. The minimum absolute atomic E-state index is 0.0267. The minimum atomic E-state index is -0.297. The van der Waals surface area contributed by atoms with E-state index in [4.69, 9.17) is 5.73 Å². The monoisotopic (exact) mass is 345 g/mol. The molecule has 25 heavy (non-hydrogen) atoms. The fourth-order valence-electron chi connectivity index (χ4n) is 3.45. The van der Waals surface area contributed by atoms with Crippen LogP contribution >= 0.6 is 0 Å². The molecule has 1 amide bonds. The Balaban J connectivity index is 1.61. The normalized spacial score (nSPS) is 16.6. The zero-order valence-electron chi connectivity index (χ0n) is 14.2. The Morgan fingerprint density at radius 3 is 2.88 bits per heavy atom. The summed E-state index contributed by atoms with van der Waals surface area (Å²) in [5.74, 6) is -0.120. The van der Waals surface area contributed by atoms with Crippen LogP contribution < -0.4 is 11.1 Å². The summed E-state index contributed by atoms with van der Waals surface area (Å²) >= 11 is 0. The fraction of sp³-hybridized carbons (Fsp3) is 0.500. The first-order chi connectivity index (χ1) is 12.2. The van der Waals surface area contributed by atoms with Crippen LogP contribution in [0.5, 0.6) is 0 Å². The van der Waals surface area contributed by atoms with Crippen molar-refractivity contribution in [2.24, 2.45) is 11.7 Å². The topological polar surface area (TPSA) is 85.8 Å². The highest BCUT2D eigenvalue weighted by Crippen LogP contribution is 2.26. The first-order valence-electron chi connectivity index (χ1n) is 8.81. The number of hydrogen-bond acceptors (Lipinski definition) is 4. The zero-order chi connectivity index (χ0) is 17.6. The molecule has 134 valence electrons. The van der Waals surface area contributed by atoms with Gasteiger partial charge in [0, 0.05) is 12.6 Å². The summed E-state index contributed by atoms with van der Waals surface area (Å²) in [4.78, 5) is 12.4. The second-order valence-corrected chi connectivity index (χ2v) is 6.65. The van der Waals surface area contributed by atoms with Gasteiger partial charge >= 0.3 is 0 Å². The van der Waals surface area contributed by atoms with Crippen molar-refractivity contribution in [1.82, 2.24) is 20.3 Å². The molecule has 7 heteroatoms. The maximum absolute atomic E-state index is 13.2. The second kappa shape index (κ2) is 8.20. The summed E-state index contributed by atoms with van der Waals surface area (Å²) in [5, 5.41) is 10.9. The average molecular weight is 345 g/mol.